The van der Waals surface area contributed by atoms with Gasteiger partial charge in [0.15, 0.2) is 0 Å². The largest absolute Gasteiger partial charge is 0.465 e. The van der Waals surface area contributed by atoms with Crippen LogP contribution in [-0.4, -0.2) is 56.0 Å². The SMILES string of the molecule is CCOC(=O)CN(C)C(=O)CC1CCN(c2ccc(NC(=O)c3ccccc3-c3ccc(C(F)(F)F)cc3)cc2)CC1. The van der Waals surface area contributed by atoms with E-state index >= 15 is 0 Å². The standard InChI is InChI=1S/C32H34F3N3O4/c1-3-42-30(40)21-37(2)29(39)20-22-16-18-38(19-17-22)26-14-12-25(13-15-26)36-31(41)28-7-5-4-6-27(28)23-8-10-24(11-9-23)32(33,34)35/h4-15,22H,3,16-21H2,1-2H3,(H,36,41). The highest BCUT2D eigenvalue weighted by Crippen LogP contribution is 2.32. The van der Waals surface area contributed by atoms with E-state index in [0.717, 1.165) is 43.8 Å². The van der Waals surface area contributed by atoms with Crippen molar-refractivity contribution in [3.8, 4) is 11.1 Å². The molecule has 3 aromatic rings. The summed E-state index contributed by atoms with van der Waals surface area (Å²) in [6.07, 6.45) is -2.35. The number of piperidine rings is 1. The number of nitrogens with one attached hydrogen (secondary N) is 1. The molecule has 1 heterocycles. The van der Waals surface area contributed by atoms with Crippen molar-refractivity contribution in [3.05, 3.63) is 83.9 Å². The van der Waals surface area contributed by atoms with E-state index in [1.807, 2.05) is 24.3 Å². The monoisotopic (exact) mass is 581 g/mol. The molecule has 0 radical (unpaired) electrons. The lowest BCUT2D eigenvalue weighted by Crippen LogP contribution is -2.38. The molecule has 1 aliphatic heterocycles. The summed E-state index contributed by atoms with van der Waals surface area (Å²) in [5, 5.41) is 2.88. The number of nitrogens with zero attached hydrogens (tertiary/aromatic N) is 2. The highest BCUT2D eigenvalue weighted by atomic mass is 19.4. The molecule has 0 atom stereocenters. The number of esters is 1. The molecular formula is C32H34F3N3O4. The van der Waals surface area contributed by atoms with Crippen LogP contribution in [0.2, 0.25) is 0 Å². The van der Waals surface area contributed by atoms with Crippen LogP contribution in [0.15, 0.2) is 72.8 Å². The van der Waals surface area contributed by atoms with Gasteiger partial charge in [0.25, 0.3) is 5.91 Å². The molecule has 0 aromatic heterocycles. The predicted molar refractivity (Wildman–Crippen MR) is 155 cm³/mol. The maximum Gasteiger partial charge on any atom is 0.416 e. The average molecular weight is 582 g/mol. The third-order valence-electron chi connectivity index (χ3n) is 7.36. The number of halogens is 3. The van der Waals surface area contributed by atoms with Crippen LogP contribution in [0.25, 0.3) is 11.1 Å². The third kappa shape index (κ3) is 7.90. The number of hydrogen-bond donors (Lipinski definition) is 1. The van der Waals surface area contributed by atoms with Gasteiger partial charge in [-0.25, -0.2) is 0 Å². The van der Waals surface area contributed by atoms with Gasteiger partial charge in [-0.2, -0.15) is 13.2 Å². The third-order valence-corrected chi connectivity index (χ3v) is 7.36. The number of rotatable bonds is 9. The van der Waals surface area contributed by atoms with Crippen molar-refractivity contribution < 1.29 is 32.3 Å². The van der Waals surface area contributed by atoms with Crippen molar-refractivity contribution in [1.82, 2.24) is 4.90 Å². The number of anilines is 2. The molecule has 3 aromatic carbocycles. The molecule has 0 saturated carbocycles. The lowest BCUT2D eigenvalue weighted by atomic mass is 9.92. The minimum atomic E-state index is -4.43. The number of ether oxygens (including phenoxy) is 1. The molecule has 1 aliphatic rings. The van der Waals surface area contributed by atoms with E-state index in [9.17, 15) is 27.6 Å². The maximum absolute atomic E-state index is 13.1. The molecule has 42 heavy (non-hydrogen) atoms. The Kier molecular flexibility index (Phi) is 9.88. The van der Waals surface area contributed by atoms with Crippen LogP contribution in [0.5, 0.6) is 0 Å². The first-order valence-corrected chi connectivity index (χ1v) is 13.9. The van der Waals surface area contributed by atoms with E-state index in [1.165, 1.54) is 17.0 Å². The molecule has 0 spiro atoms. The number of carbonyl (C=O) groups excluding carboxylic acids is 3. The van der Waals surface area contributed by atoms with Gasteiger partial charge in [0.1, 0.15) is 6.54 Å². The van der Waals surface area contributed by atoms with Crippen LogP contribution in [0.1, 0.15) is 42.1 Å². The molecule has 1 saturated heterocycles. The normalized spacial score (nSPS) is 13.9. The van der Waals surface area contributed by atoms with Crippen LogP contribution < -0.4 is 10.2 Å². The molecule has 0 aliphatic carbocycles. The Bertz CT molecular complexity index is 1380. The van der Waals surface area contributed by atoms with Gasteiger partial charge in [-0.3, -0.25) is 14.4 Å². The van der Waals surface area contributed by atoms with E-state index < -0.39 is 17.7 Å². The number of hydrogen-bond acceptors (Lipinski definition) is 5. The zero-order chi connectivity index (χ0) is 30.3. The number of benzene rings is 3. The molecular weight excluding hydrogens is 547 g/mol. The van der Waals surface area contributed by atoms with Gasteiger partial charge in [0.2, 0.25) is 5.91 Å². The van der Waals surface area contributed by atoms with E-state index in [2.05, 4.69) is 10.2 Å². The van der Waals surface area contributed by atoms with Gasteiger partial charge in [-0.1, -0.05) is 30.3 Å². The molecule has 222 valence electrons. The lowest BCUT2D eigenvalue weighted by molar-refractivity contribution is -0.148. The van der Waals surface area contributed by atoms with Crippen molar-refractivity contribution in [2.75, 3.05) is 43.5 Å². The van der Waals surface area contributed by atoms with Crippen LogP contribution in [-0.2, 0) is 20.5 Å². The average Bonchev–Trinajstić information content (AvgIpc) is 2.97. The molecule has 1 fully saturated rings. The van der Waals surface area contributed by atoms with Crippen molar-refractivity contribution in [3.63, 3.8) is 0 Å². The van der Waals surface area contributed by atoms with Gasteiger partial charge in [0, 0.05) is 43.5 Å². The van der Waals surface area contributed by atoms with Crippen LogP contribution in [0.3, 0.4) is 0 Å². The Hall–Kier alpha value is -4.34. The zero-order valence-electron chi connectivity index (χ0n) is 23.6. The van der Waals surface area contributed by atoms with Crippen LogP contribution in [0.4, 0.5) is 24.5 Å². The van der Waals surface area contributed by atoms with E-state index in [0.29, 0.717) is 28.8 Å². The Morgan fingerprint density at radius 2 is 1.60 bits per heavy atom. The molecule has 2 amide bonds. The van der Waals surface area contributed by atoms with Crippen molar-refractivity contribution in [1.29, 1.82) is 0 Å². The van der Waals surface area contributed by atoms with Crippen LogP contribution >= 0.6 is 0 Å². The summed E-state index contributed by atoms with van der Waals surface area (Å²) in [5.74, 6) is -0.606. The topological polar surface area (TPSA) is 79.0 Å². The molecule has 0 unspecified atom stereocenters. The number of likely N-dealkylation sites (N-methyl/N-ethyl adjacent to an activating group) is 1. The second-order valence-electron chi connectivity index (χ2n) is 10.3. The highest BCUT2D eigenvalue weighted by molar-refractivity contribution is 6.08. The van der Waals surface area contributed by atoms with Crippen molar-refractivity contribution >= 4 is 29.2 Å². The zero-order valence-corrected chi connectivity index (χ0v) is 23.6. The molecule has 0 bridgehead atoms. The number of carbonyl (C=O) groups is 3. The van der Waals surface area contributed by atoms with Gasteiger partial charge in [-0.15, -0.1) is 0 Å². The highest BCUT2D eigenvalue weighted by Gasteiger charge is 2.30. The smallest absolute Gasteiger partial charge is 0.416 e. The first-order valence-electron chi connectivity index (χ1n) is 13.9. The summed E-state index contributed by atoms with van der Waals surface area (Å²) in [6, 6.07) is 19.0. The fourth-order valence-corrected chi connectivity index (χ4v) is 5.01. The molecule has 10 heteroatoms. The molecule has 1 N–H and O–H groups in total. The predicted octanol–water partition coefficient (Wildman–Crippen LogP) is 6.25. The van der Waals surface area contributed by atoms with Crippen molar-refractivity contribution in [2.45, 2.75) is 32.4 Å². The quantitative estimate of drug-likeness (QED) is 0.302. The fourth-order valence-electron chi connectivity index (χ4n) is 5.01. The summed E-state index contributed by atoms with van der Waals surface area (Å²) in [5.41, 5.74) is 2.25. The van der Waals surface area contributed by atoms with Crippen molar-refractivity contribution in [2.24, 2.45) is 5.92 Å². The summed E-state index contributed by atoms with van der Waals surface area (Å²) >= 11 is 0. The van der Waals surface area contributed by atoms with Gasteiger partial charge < -0.3 is 19.9 Å². The van der Waals surface area contributed by atoms with Gasteiger partial charge in [-0.05, 0) is 79.3 Å². The summed E-state index contributed by atoms with van der Waals surface area (Å²) in [7, 11) is 1.61. The minimum absolute atomic E-state index is 0.0466. The summed E-state index contributed by atoms with van der Waals surface area (Å²) < 4.78 is 43.8. The Labute approximate surface area is 243 Å². The number of alkyl halides is 3. The Balaban J connectivity index is 1.32. The van der Waals surface area contributed by atoms with Gasteiger partial charge in [0.05, 0.1) is 12.2 Å². The van der Waals surface area contributed by atoms with E-state index in [1.54, 1.807) is 38.2 Å². The van der Waals surface area contributed by atoms with Gasteiger partial charge >= 0.3 is 12.1 Å². The Morgan fingerprint density at radius 1 is 0.952 bits per heavy atom. The van der Waals surface area contributed by atoms with E-state index in [-0.39, 0.29) is 30.9 Å². The number of amides is 2. The van der Waals surface area contributed by atoms with E-state index in [4.69, 9.17) is 4.74 Å². The second-order valence-corrected chi connectivity index (χ2v) is 10.3. The summed E-state index contributed by atoms with van der Waals surface area (Å²) in [4.78, 5) is 40.9. The second kappa shape index (κ2) is 13.5. The summed E-state index contributed by atoms with van der Waals surface area (Å²) in [6.45, 7) is 3.53. The minimum Gasteiger partial charge on any atom is -0.465 e. The van der Waals surface area contributed by atoms with Crippen LogP contribution in [0, 0.1) is 5.92 Å². The Morgan fingerprint density at radius 3 is 2.21 bits per heavy atom. The molecule has 4 rings (SSSR count). The molecule has 7 nitrogen and oxygen atoms in total. The maximum atomic E-state index is 13.1. The fraction of sp³-hybridized carbons (Fsp3) is 0.344. The lowest BCUT2D eigenvalue weighted by Gasteiger charge is -2.34. The first-order chi connectivity index (χ1) is 20.0. The first kappa shape index (κ1) is 30.6.